The quantitative estimate of drug-likeness (QED) is 0.600. The first kappa shape index (κ1) is 22.6. The van der Waals surface area contributed by atoms with Crippen LogP contribution in [-0.4, -0.2) is 110 Å². The summed E-state index contributed by atoms with van der Waals surface area (Å²) in [5.74, 6) is -0.201. The van der Waals surface area contributed by atoms with E-state index in [1.54, 1.807) is 25.9 Å². The number of rotatable bonds is 6. The Morgan fingerprint density at radius 1 is 1.07 bits per heavy atom. The number of likely N-dealkylation sites (N-methyl/N-ethyl adjacent to an activating group) is 1. The highest BCUT2D eigenvalue weighted by Gasteiger charge is 2.33. The van der Waals surface area contributed by atoms with Gasteiger partial charge in [-0.05, 0) is 39.7 Å². The van der Waals surface area contributed by atoms with Gasteiger partial charge in [0.05, 0.1) is 25.1 Å². The van der Waals surface area contributed by atoms with Gasteiger partial charge in [-0.15, -0.1) is 0 Å². The molecule has 2 aliphatic heterocycles. The van der Waals surface area contributed by atoms with Crippen molar-refractivity contribution in [3.05, 3.63) is 0 Å². The van der Waals surface area contributed by atoms with Gasteiger partial charge in [-0.2, -0.15) is 0 Å². The predicted octanol–water partition coefficient (Wildman–Crippen LogP) is 0.273. The molecular formula is C20H36N4O4. The van der Waals surface area contributed by atoms with Gasteiger partial charge >= 0.3 is 5.97 Å². The summed E-state index contributed by atoms with van der Waals surface area (Å²) in [5, 5.41) is 0. The Bertz CT molecular complexity index is 554. The van der Waals surface area contributed by atoms with Crippen molar-refractivity contribution in [2.45, 2.75) is 39.2 Å². The summed E-state index contributed by atoms with van der Waals surface area (Å²) in [6.07, 6.45) is 2.56. The van der Waals surface area contributed by atoms with Crippen LogP contribution in [0.4, 0.5) is 0 Å². The Morgan fingerprint density at radius 2 is 1.82 bits per heavy atom. The number of hydrogen-bond donors (Lipinski definition) is 0. The van der Waals surface area contributed by atoms with E-state index >= 15 is 0 Å². The maximum atomic E-state index is 13.0. The smallest absolute Gasteiger partial charge is 0.310 e. The first-order valence-corrected chi connectivity index (χ1v) is 10.5. The second-order valence-corrected chi connectivity index (χ2v) is 8.01. The zero-order valence-corrected chi connectivity index (χ0v) is 17.9. The van der Waals surface area contributed by atoms with Crippen molar-refractivity contribution in [1.29, 1.82) is 0 Å². The lowest BCUT2D eigenvalue weighted by Crippen LogP contribution is -2.52. The van der Waals surface area contributed by atoms with E-state index in [4.69, 9.17) is 4.74 Å². The molecular weight excluding hydrogens is 360 g/mol. The summed E-state index contributed by atoms with van der Waals surface area (Å²) in [5.41, 5.74) is 0. The molecule has 0 radical (unpaired) electrons. The van der Waals surface area contributed by atoms with E-state index in [0.717, 1.165) is 45.4 Å². The normalized spacial score (nSPS) is 23.0. The maximum absolute atomic E-state index is 13.0. The van der Waals surface area contributed by atoms with Crippen molar-refractivity contribution in [1.82, 2.24) is 19.6 Å². The van der Waals surface area contributed by atoms with Gasteiger partial charge in [-0.25, -0.2) is 0 Å². The lowest BCUT2D eigenvalue weighted by Gasteiger charge is -2.36. The number of piperidine rings is 1. The highest BCUT2D eigenvalue weighted by Crippen LogP contribution is 2.20. The van der Waals surface area contributed by atoms with Crippen molar-refractivity contribution in [2.75, 3.05) is 66.5 Å². The van der Waals surface area contributed by atoms with Gasteiger partial charge in [-0.1, -0.05) is 0 Å². The van der Waals surface area contributed by atoms with Gasteiger partial charge in [0.1, 0.15) is 0 Å². The molecule has 0 N–H and O–H groups in total. The van der Waals surface area contributed by atoms with E-state index < -0.39 is 0 Å². The monoisotopic (exact) mass is 396 g/mol. The van der Waals surface area contributed by atoms with Gasteiger partial charge in [-0.3, -0.25) is 24.2 Å². The number of amides is 2. The second-order valence-electron chi connectivity index (χ2n) is 8.01. The largest absolute Gasteiger partial charge is 0.466 e. The third-order valence-electron chi connectivity index (χ3n) is 5.74. The van der Waals surface area contributed by atoms with Gasteiger partial charge < -0.3 is 14.5 Å². The Kier molecular flexibility index (Phi) is 8.69. The summed E-state index contributed by atoms with van der Waals surface area (Å²) in [7, 11) is 3.55. The summed E-state index contributed by atoms with van der Waals surface area (Å²) < 4.78 is 5.14. The van der Waals surface area contributed by atoms with Crippen molar-refractivity contribution in [3.8, 4) is 0 Å². The van der Waals surface area contributed by atoms with Crippen molar-refractivity contribution >= 4 is 17.8 Å². The highest BCUT2D eigenvalue weighted by molar-refractivity contribution is 5.82. The molecule has 8 heteroatoms. The standard InChI is InChI=1S/C20H36N4O4/c1-5-28-20(27)17-8-6-10-24(14-17)19(26)16(2)23-11-7-9-22(12-13-23)15-18(25)21(3)4/h16-17H,5-15H2,1-4H3. The van der Waals surface area contributed by atoms with E-state index in [9.17, 15) is 14.4 Å². The molecule has 0 saturated carbocycles. The molecule has 28 heavy (non-hydrogen) atoms. The Labute approximate surface area is 168 Å². The molecule has 0 aliphatic carbocycles. The van der Waals surface area contributed by atoms with E-state index in [2.05, 4.69) is 9.80 Å². The number of likely N-dealkylation sites (tertiary alicyclic amines) is 1. The first-order chi connectivity index (χ1) is 13.3. The molecule has 2 heterocycles. The molecule has 8 nitrogen and oxygen atoms in total. The number of hydrogen-bond acceptors (Lipinski definition) is 6. The molecule has 2 saturated heterocycles. The van der Waals surface area contributed by atoms with Crippen LogP contribution in [0, 0.1) is 5.92 Å². The maximum Gasteiger partial charge on any atom is 0.310 e. The molecule has 2 atom stereocenters. The molecule has 2 rings (SSSR count). The molecule has 2 unspecified atom stereocenters. The van der Waals surface area contributed by atoms with Gasteiger partial charge in [0, 0.05) is 46.8 Å². The Balaban J connectivity index is 1.88. The van der Waals surface area contributed by atoms with Crippen LogP contribution in [0.5, 0.6) is 0 Å². The summed E-state index contributed by atoms with van der Waals surface area (Å²) in [6.45, 7) is 8.98. The topological polar surface area (TPSA) is 73.4 Å². The Morgan fingerprint density at radius 3 is 2.50 bits per heavy atom. The van der Waals surface area contributed by atoms with Crippen LogP contribution < -0.4 is 0 Å². The van der Waals surface area contributed by atoms with Gasteiger partial charge in [0.15, 0.2) is 0 Å². The van der Waals surface area contributed by atoms with Crippen LogP contribution in [0.1, 0.15) is 33.1 Å². The van der Waals surface area contributed by atoms with E-state index in [1.165, 1.54) is 0 Å². The molecule has 160 valence electrons. The van der Waals surface area contributed by atoms with E-state index in [0.29, 0.717) is 26.2 Å². The number of ether oxygens (including phenoxy) is 1. The molecule has 0 spiro atoms. The zero-order valence-electron chi connectivity index (χ0n) is 17.9. The summed E-state index contributed by atoms with van der Waals surface area (Å²) in [4.78, 5) is 44.9. The van der Waals surface area contributed by atoms with Crippen LogP contribution in [-0.2, 0) is 19.1 Å². The molecule has 0 aromatic heterocycles. The molecule has 2 amide bonds. The summed E-state index contributed by atoms with van der Waals surface area (Å²) in [6, 6.07) is -0.217. The van der Waals surface area contributed by atoms with Crippen LogP contribution >= 0.6 is 0 Å². The molecule has 2 fully saturated rings. The van der Waals surface area contributed by atoms with Crippen LogP contribution in [0.15, 0.2) is 0 Å². The minimum atomic E-state index is -0.217. The van der Waals surface area contributed by atoms with Crippen LogP contribution in [0.3, 0.4) is 0 Å². The van der Waals surface area contributed by atoms with E-state index in [1.807, 2.05) is 11.8 Å². The fraction of sp³-hybridized carbons (Fsp3) is 0.850. The third-order valence-corrected chi connectivity index (χ3v) is 5.74. The number of nitrogens with zero attached hydrogens (tertiary/aromatic N) is 4. The number of esters is 1. The fourth-order valence-corrected chi connectivity index (χ4v) is 3.92. The lowest BCUT2D eigenvalue weighted by molar-refractivity contribution is -0.152. The van der Waals surface area contributed by atoms with Gasteiger partial charge in [0.2, 0.25) is 11.8 Å². The van der Waals surface area contributed by atoms with Crippen molar-refractivity contribution in [3.63, 3.8) is 0 Å². The van der Waals surface area contributed by atoms with Crippen LogP contribution in [0.25, 0.3) is 0 Å². The minimum Gasteiger partial charge on any atom is -0.466 e. The zero-order chi connectivity index (χ0) is 20.7. The fourth-order valence-electron chi connectivity index (χ4n) is 3.92. The third kappa shape index (κ3) is 6.17. The first-order valence-electron chi connectivity index (χ1n) is 10.5. The highest BCUT2D eigenvalue weighted by atomic mass is 16.5. The minimum absolute atomic E-state index is 0.0896. The molecule has 0 aromatic carbocycles. The van der Waals surface area contributed by atoms with E-state index in [-0.39, 0.29) is 29.7 Å². The molecule has 0 aromatic rings. The molecule has 0 bridgehead atoms. The van der Waals surface area contributed by atoms with Crippen LogP contribution in [0.2, 0.25) is 0 Å². The predicted molar refractivity (Wildman–Crippen MR) is 107 cm³/mol. The summed E-state index contributed by atoms with van der Waals surface area (Å²) >= 11 is 0. The average Bonchev–Trinajstić information content (AvgIpc) is 2.92. The Hall–Kier alpha value is -1.67. The average molecular weight is 397 g/mol. The van der Waals surface area contributed by atoms with Gasteiger partial charge in [0.25, 0.3) is 0 Å². The number of carbonyl (C=O) groups is 3. The van der Waals surface area contributed by atoms with Crippen molar-refractivity contribution in [2.24, 2.45) is 5.92 Å². The molecule has 2 aliphatic rings. The second kappa shape index (κ2) is 10.8. The van der Waals surface area contributed by atoms with Crippen molar-refractivity contribution < 1.29 is 19.1 Å². The SMILES string of the molecule is CCOC(=O)C1CCCN(C(=O)C(C)N2CCCN(CC(=O)N(C)C)CC2)C1. The number of carbonyl (C=O) groups excluding carboxylic acids is 3. The lowest BCUT2D eigenvalue weighted by atomic mass is 9.97.